The van der Waals surface area contributed by atoms with Crippen molar-refractivity contribution in [1.82, 2.24) is 0 Å². The monoisotopic (exact) mass is 244 g/mol. The molecule has 0 amide bonds. The first-order chi connectivity index (χ1) is 6.75. The molecule has 4 heteroatoms. The molecule has 0 N–H and O–H groups in total. The smallest absolute Gasteiger partial charge is 0.152 e. The number of thioether (sulfide) groups is 2. The number of halogens is 1. The maximum absolute atomic E-state index is 11.0. The fourth-order valence-electron chi connectivity index (χ4n) is 1.24. The van der Waals surface area contributed by atoms with Gasteiger partial charge in [-0.05, 0) is 17.7 Å². The minimum Gasteiger partial charge on any atom is -0.298 e. The average Bonchev–Trinajstić information content (AvgIpc) is 2.21. The summed E-state index contributed by atoms with van der Waals surface area (Å²) in [7, 11) is 0. The van der Waals surface area contributed by atoms with Crippen LogP contribution in [0.3, 0.4) is 0 Å². The third-order valence-electron chi connectivity index (χ3n) is 1.93. The molecule has 1 aromatic rings. The highest BCUT2D eigenvalue weighted by molar-refractivity contribution is 8.18. The molecule has 0 aliphatic carbocycles. The highest BCUT2D eigenvalue weighted by Crippen LogP contribution is 2.42. The molecule has 74 valence electrons. The van der Waals surface area contributed by atoms with Crippen LogP contribution in [0.25, 0.3) is 0 Å². The normalized spacial score (nSPS) is 18.5. The number of carbonyl (C=O) groups excluding carboxylic acids is 1. The van der Waals surface area contributed by atoms with E-state index in [-0.39, 0.29) is 0 Å². The molecule has 1 heterocycles. The lowest BCUT2D eigenvalue weighted by Gasteiger charge is -2.20. The summed E-state index contributed by atoms with van der Waals surface area (Å²) in [5.41, 5.74) is 1.25. The van der Waals surface area contributed by atoms with Crippen molar-refractivity contribution in [2.24, 2.45) is 0 Å². The maximum Gasteiger partial charge on any atom is 0.152 e. The van der Waals surface area contributed by atoms with Gasteiger partial charge in [0.25, 0.3) is 0 Å². The first kappa shape index (κ1) is 10.4. The van der Waals surface area contributed by atoms with Gasteiger partial charge in [0.2, 0.25) is 0 Å². The summed E-state index contributed by atoms with van der Waals surface area (Å²) in [5, 5.41) is 0.760. The third kappa shape index (κ3) is 2.47. The highest BCUT2D eigenvalue weighted by atomic mass is 35.5. The van der Waals surface area contributed by atoms with E-state index in [1.807, 2.05) is 24.3 Å². The summed E-state index contributed by atoms with van der Waals surface area (Å²) in [5.74, 6) is 1.62. The first-order valence-electron chi connectivity index (χ1n) is 4.26. The van der Waals surface area contributed by atoms with Gasteiger partial charge in [-0.2, -0.15) is 0 Å². The molecule has 0 saturated carbocycles. The van der Waals surface area contributed by atoms with E-state index in [2.05, 4.69) is 0 Å². The van der Waals surface area contributed by atoms with Crippen molar-refractivity contribution in [3.63, 3.8) is 0 Å². The van der Waals surface area contributed by atoms with Gasteiger partial charge >= 0.3 is 0 Å². The van der Waals surface area contributed by atoms with Gasteiger partial charge in [-0.3, -0.25) is 4.79 Å². The van der Waals surface area contributed by atoms with Crippen LogP contribution in [0.5, 0.6) is 0 Å². The highest BCUT2D eigenvalue weighted by Gasteiger charge is 2.20. The van der Waals surface area contributed by atoms with Gasteiger partial charge in [-0.15, -0.1) is 23.5 Å². The lowest BCUT2D eigenvalue weighted by atomic mass is 10.2. The molecule has 1 aliphatic rings. The van der Waals surface area contributed by atoms with Crippen LogP contribution in [0.15, 0.2) is 24.3 Å². The Balaban J connectivity index is 2.08. The van der Waals surface area contributed by atoms with Gasteiger partial charge in [0, 0.05) is 5.02 Å². The zero-order valence-corrected chi connectivity index (χ0v) is 9.79. The van der Waals surface area contributed by atoms with Gasteiger partial charge in [0.15, 0.2) is 5.78 Å². The van der Waals surface area contributed by atoms with Gasteiger partial charge in [0.05, 0.1) is 16.1 Å². The van der Waals surface area contributed by atoms with Crippen LogP contribution in [-0.2, 0) is 4.79 Å². The molecule has 0 unspecified atom stereocenters. The van der Waals surface area contributed by atoms with E-state index in [1.54, 1.807) is 23.5 Å². The van der Waals surface area contributed by atoms with Crippen LogP contribution in [0, 0.1) is 0 Å². The molecule has 0 aromatic heterocycles. The van der Waals surface area contributed by atoms with Crippen molar-refractivity contribution in [1.29, 1.82) is 0 Å². The quantitative estimate of drug-likeness (QED) is 0.754. The van der Waals surface area contributed by atoms with Gasteiger partial charge in [0.1, 0.15) is 0 Å². The molecule has 0 bridgehead atoms. The molecule has 1 aromatic carbocycles. The second-order valence-corrected chi connectivity index (χ2v) is 5.97. The standard InChI is InChI=1S/C10H9ClOS2/c11-8-3-1-7(2-4-8)10-13-5-9(12)6-14-10/h1-4,10H,5-6H2. The molecule has 1 fully saturated rings. The SMILES string of the molecule is O=C1CSC(c2ccc(Cl)cc2)SC1. The van der Waals surface area contributed by atoms with Crippen LogP contribution >= 0.6 is 35.1 Å². The molecule has 1 aliphatic heterocycles. The Morgan fingerprint density at radius 2 is 1.71 bits per heavy atom. The van der Waals surface area contributed by atoms with Crippen molar-refractivity contribution < 1.29 is 4.79 Å². The number of benzene rings is 1. The molecular formula is C10H9ClOS2. The minimum atomic E-state index is 0.338. The summed E-state index contributed by atoms with van der Waals surface area (Å²) in [6, 6.07) is 7.86. The predicted octanol–water partition coefficient (Wildman–Crippen LogP) is 3.39. The van der Waals surface area contributed by atoms with Crippen molar-refractivity contribution in [2.45, 2.75) is 4.58 Å². The number of rotatable bonds is 1. The summed E-state index contributed by atoms with van der Waals surface area (Å²) in [4.78, 5) is 11.0. The Hall–Kier alpha value is -0.120. The molecule has 2 rings (SSSR count). The lowest BCUT2D eigenvalue weighted by Crippen LogP contribution is -2.12. The molecule has 0 atom stereocenters. The van der Waals surface area contributed by atoms with Gasteiger partial charge in [-0.1, -0.05) is 23.7 Å². The topological polar surface area (TPSA) is 17.1 Å². The zero-order chi connectivity index (χ0) is 9.97. The van der Waals surface area contributed by atoms with Crippen LogP contribution in [0.1, 0.15) is 10.1 Å². The van der Waals surface area contributed by atoms with E-state index in [0.29, 0.717) is 21.9 Å². The van der Waals surface area contributed by atoms with Crippen LogP contribution in [0.2, 0.25) is 5.02 Å². The molecule has 1 nitrogen and oxygen atoms in total. The summed E-state index contributed by atoms with van der Waals surface area (Å²) in [6.45, 7) is 0. The predicted molar refractivity (Wildman–Crippen MR) is 64.1 cm³/mol. The Labute approximate surface area is 96.6 Å². The van der Waals surface area contributed by atoms with Gasteiger partial charge < -0.3 is 0 Å². The molecule has 0 spiro atoms. The lowest BCUT2D eigenvalue weighted by molar-refractivity contribution is -0.114. The summed E-state index contributed by atoms with van der Waals surface area (Å²) in [6.07, 6.45) is 0. The van der Waals surface area contributed by atoms with E-state index in [1.165, 1.54) is 5.56 Å². The molecular weight excluding hydrogens is 236 g/mol. The van der Waals surface area contributed by atoms with Gasteiger partial charge in [-0.25, -0.2) is 0 Å². The van der Waals surface area contributed by atoms with E-state index in [0.717, 1.165) is 5.02 Å². The fraction of sp³-hybridized carbons (Fsp3) is 0.300. The Morgan fingerprint density at radius 1 is 1.14 bits per heavy atom. The second kappa shape index (κ2) is 4.60. The van der Waals surface area contributed by atoms with E-state index in [4.69, 9.17) is 11.6 Å². The first-order valence-corrected chi connectivity index (χ1v) is 6.73. The largest absolute Gasteiger partial charge is 0.298 e. The second-order valence-electron chi connectivity index (χ2n) is 3.04. The fourth-order valence-corrected chi connectivity index (χ4v) is 3.87. The zero-order valence-electron chi connectivity index (χ0n) is 7.40. The van der Waals surface area contributed by atoms with E-state index < -0.39 is 0 Å². The van der Waals surface area contributed by atoms with Crippen LogP contribution in [-0.4, -0.2) is 17.3 Å². The van der Waals surface area contributed by atoms with Crippen LogP contribution in [0.4, 0.5) is 0 Å². The average molecular weight is 245 g/mol. The maximum atomic E-state index is 11.0. The van der Waals surface area contributed by atoms with Crippen LogP contribution < -0.4 is 0 Å². The Kier molecular flexibility index (Phi) is 3.42. The number of hydrogen-bond acceptors (Lipinski definition) is 3. The van der Waals surface area contributed by atoms with Crippen molar-refractivity contribution >= 4 is 40.9 Å². The number of hydrogen-bond donors (Lipinski definition) is 0. The van der Waals surface area contributed by atoms with E-state index >= 15 is 0 Å². The number of Topliss-reactive ketones (excluding diaryl/α,β-unsaturated/α-hetero) is 1. The Morgan fingerprint density at radius 3 is 2.29 bits per heavy atom. The minimum absolute atomic E-state index is 0.338. The van der Waals surface area contributed by atoms with Crippen molar-refractivity contribution in [2.75, 3.05) is 11.5 Å². The van der Waals surface area contributed by atoms with Crippen molar-refractivity contribution in [3.8, 4) is 0 Å². The molecule has 0 radical (unpaired) electrons. The summed E-state index contributed by atoms with van der Waals surface area (Å²) < 4.78 is 0.393. The van der Waals surface area contributed by atoms with E-state index in [9.17, 15) is 4.79 Å². The van der Waals surface area contributed by atoms with Crippen molar-refractivity contribution in [3.05, 3.63) is 34.9 Å². The molecule has 1 saturated heterocycles. The number of ketones is 1. The summed E-state index contributed by atoms with van der Waals surface area (Å²) >= 11 is 9.21. The molecule has 14 heavy (non-hydrogen) atoms. The Bertz CT molecular complexity index is 326. The third-order valence-corrected chi connectivity index (χ3v) is 5.13. The number of carbonyl (C=O) groups is 1.